The highest BCUT2D eigenvalue weighted by Crippen LogP contribution is 2.26. The second-order valence-corrected chi connectivity index (χ2v) is 7.61. The van der Waals surface area contributed by atoms with Crippen LogP contribution in [0, 0.1) is 13.8 Å². The van der Waals surface area contributed by atoms with E-state index in [9.17, 15) is 9.59 Å². The number of amides is 2. The zero-order chi connectivity index (χ0) is 18.5. The first-order valence-electron chi connectivity index (χ1n) is 7.70. The highest BCUT2D eigenvalue weighted by molar-refractivity contribution is 8.01. The van der Waals surface area contributed by atoms with Crippen LogP contribution in [0.15, 0.2) is 45.4 Å². The van der Waals surface area contributed by atoms with Crippen LogP contribution in [0.4, 0.5) is 10.8 Å². The molecule has 2 aromatic heterocycles. The molecular weight excluding hydrogens is 372 g/mol. The molecule has 9 heteroatoms. The maximum atomic E-state index is 12.2. The van der Waals surface area contributed by atoms with Gasteiger partial charge in [0.1, 0.15) is 0 Å². The fourth-order valence-corrected chi connectivity index (χ4v) is 3.75. The van der Waals surface area contributed by atoms with Crippen molar-refractivity contribution in [2.75, 3.05) is 16.4 Å². The van der Waals surface area contributed by atoms with Gasteiger partial charge in [-0.2, -0.15) is 0 Å². The van der Waals surface area contributed by atoms with Gasteiger partial charge in [0.25, 0.3) is 5.91 Å². The Kier molecular flexibility index (Phi) is 5.69. The van der Waals surface area contributed by atoms with Gasteiger partial charge in [0, 0.05) is 5.69 Å². The minimum Gasteiger partial charge on any atom is -0.459 e. The van der Waals surface area contributed by atoms with Gasteiger partial charge in [-0.25, -0.2) is 0 Å². The molecule has 2 N–H and O–H groups in total. The van der Waals surface area contributed by atoms with Crippen LogP contribution in [0.1, 0.15) is 21.7 Å². The summed E-state index contributed by atoms with van der Waals surface area (Å²) in [7, 11) is 0. The molecule has 3 rings (SSSR count). The topological polar surface area (TPSA) is 97.1 Å². The fourth-order valence-electron chi connectivity index (χ4n) is 2.20. The van der Waals surface area contributed by atoms with Crippen LogP contribution in [0.25, 0.3) is 0 Å². The number of anilines is 2. The monoisotopic (exact) mass is 388 g/mol. The number of nitrogens with zero attached hydrogens (tertiary/aromatic N) is 2. The number of rotatable bonds is 6. The molecule has 2 heterocycles. The van der Waals surface area contributed by atoms with Gasteiger partial charge in [0.05, 0.1) is 12.0 Å². The van der Waals surface area contributed by atoms with E-state index in [0.717, 1.165) is 16.8 Å². The third kappa shape index (κ3) is 4.50. The second kappa shape index (κ2) is 8.15. The largest absolute Gasteiger partial charge is 0.459 e. The summed E-state index contributed by atoms with van der Waals surface area (Å²) >= 11 is 2.46. The summed E-state index contributed by atoms with van der Waals surface area (Å²) in [5, 5.41) is 13.7. The highest BCUT2D eigenvalue weighted by atomic mass is 32.2. The molecule has 7 nitrogen and oxygen atoms in total. The van der Waals surface area contributed by atoms with Crippen molar-refractivity contribution in [1.29, 1.82) is 0 Å². The Morgan fingerprint density at radius 3 is 2.58 bits per heavy atom. The number of hydrogen-bond donors (Lipinski definition) is 2. The third-order valence-electron chi connectivity index (χ3n) is 3.44. The minimum atomic E-state index is -0.393. The molecular formula is C17H16N4O3S2. The van der Waals surface area contributed by atoms with Gasteiger partial charge in [-0.1, -0.05) is 41.3 Å². The number of hydrogen-bond acceptors (Lipinski definition) is 7. The number of carbonyl (C=O) groups is 2. The lowest BCUT2D eigenvalue weighted by Gasteiger charge is -2.10. The first-order valence-corrected chi connectivity index (χ1v) is 9.50. The zero-order valence-electron chi connectivity index (χ0n) is 14.1. The number of para-hydroxylation sites is 1. The summed E-state index contributed by atoms with van der Waals surface area (Å²) in [6.45, 7) is 3.91. The molecule has 2 amide bonds. The number of aromatic nitrogens is 2. The van der Waals surface area contributed by atoms with Crippen LogP contribution in [0.2, 0.25) is 0 Å². The smallest absolute Gasteiger partial charge is 0.293 e. The number of aryl methyl sites for hydroxylation is 2. The molecule has 134 valence electrons. The maximum absolute atomic E-state index is 12.2. The van der Waals surface area contributed by atoms with Crippen LogP contribution in [-0.4, -0.2) is 27.8 Å². The van der Waals surface area contributed by atoms with E-state index in [4.69, 9.17) is 4.42 Å². The van der Waals surface area contributed by atoms with Crippen LogP contribution < -0.4 is 10.6 Å². The van der Waals surface area contributed by atoms with Crippen LogP contribution in [0.3, 0.4) is 0 Å². The molecule has 0 saturated heterocycles. The van der Waals surface area contributed by atoms with Gasteiger partial charge in [0.2, 0.25) is 11.0 Å². The van der Waals surface area contributed by atoms with Crippen molar-refractivity contribution in [1.82, 2.24) is 10.2 Å². The summed E-state index contributed by atoms with van der Waals surface area (Å²) in [4.78, 5) is 24.1. The van der Waals surface area contributed by atoms with Crippen LogP contribution >= 0.6 is 23.1 Å². The van der Waals surface area contributed by atoms with Crippen molar-refractivity contribution in [3.05, 3.63) is 53.5 Å². The Bertz CT molecular complexity index is 902. The lowest BCUT2D eigenvalue weighted by molar-refractivity contribution is -0.113. The fraction of sp³-hybridized carbons (Fsp3) is 0.176. The molecule has 0 spiro atoms. The van der Waals surface area contributed by atoms with Gasteiger partial charge in [-0.3, -0.25) is 14.9 Å². The first kappa shape index (κ1) is 18.2. The van der Waals surface area contributed by atoms with Gasteiger partial charge < -0.3 is 9.73 Å². The Morgan fingerprint density at radius 2 is 1.88 bits per heavy atom. The molecule has 0 unspecified atom stereocenters. The van der Waals surface area contributed by atoms with Crippen molar-refractivity contribution in [2.24, 2.45) is 0 Å². The Labute approximate surface area is 158 Å². The summed E-state index contributed by atoms with van der Waals surface area (Å²) in [6, 6.07) is 9.05. The number of thioether (sulfide) groups is 1. The minimum absolute atomic E-state index is 0.122. The Morgan fingerprint density at radius 1 is 1.12 bits per heavy atom. The molecule has 0 aliphatic carbocycles. The van der Waals surface area contributed by atoms with E-state index < -0.39 is 5.91 Å². The summed E-state index contributed by atoms with van der Waals surface area (Å²) < 4.78 is 5.61. The van der Waals surface area contributed by atoms with E-state index in [-0.39, 0.29) is 17.4 Å². The molecule has 26 heavy (non-hydrogen) atoms. The van der Waals surface area contributed by atoms with Crippen molar-refractivity contribution in [2.45, 2.75) is 18.2 Å². The van der Waals surface area contributed by atoms with Gasteiger partial charge in [0.15, 0.2) is 10.1 Å². The number of nitrogens with one attached hydrogen (secondary N) is 2. The van der Waals surface area contributed by atoms with Crippen molar-refractivity contribution < 1.29 is 14.0 Å². The number of carbonyl (C=O) groups excluding carboxylic acids is 2. The van der Waals surface area contributed by atoms with E-state index in [2.05, 4.69) is 20.8 Å². The summed E-state index contributed by atoms with van der Waals surface area (Å²) in [6.07, 6.45) is 1.42. The molecule has 0 bridgehead atoms. The van der Waals surface area contributed by atoms with Crippen LogP contribution in [-0.2, 0) is 4.79 Å². The molecule has 0 atom stereocenters. The Hall–Kier alpha value is -2.65. The van der Waals surface area contributed by atoms with Gasteiger partial charge >= 0.3 is 0 Å². The van der Waals surface area contributed by atoms with Crippen molar-refractivity contribution >= 4 is 45.7 Å². The molecule has 0 aliphatic rings. The normalized spacial score (nSPS) is 10.5. The molecule has 1 aromatic carbocycles. The molecule has 0 radical (unpaired) electrons. The van der Waals surface area contributed by atoms with E-state index >= 15 is 0 Å². The maximum Gasteiger partial charge on any atom is 0.293 e. The van der Waals surface area contributed by atoms with Crippen molar-refractivity contribution in [3.8, 4) is 0 Å². The number of furan rings is 1. The third-order valence-corrected chi connectivity index (χ3v) is 5.42. The predicted octanol–water partition coefficient (Wildman–Crippen LogP) is 3.73. The Balaban J connectivity index is 1.53. The van der Waals surface area contributed by atoms with Gasteiger partial charge in [-0.15, -0.1) is 10.2 Å². The summed E-state index contributed by atoms with van der Waals surface area (Å²) in [5.41, 5.74) is 2.87. The van der Waals surface area contributed by atoms with Gasteiger partial charge in [-0.05, 0) is 37.1 Å². The van der Waals surface area contributed by atoms with Crippen LogP contribution in [0.5, 0.6) is 0 Å². The van der Waals surface area contributed by atoms with E-state index in [0.29, 0.717) is 9.47 Å². The average molecular weight is 388 g/mol. The highest BCUT2D eigenvalue weighted by Gasteiger charge is 2.14. The molecule has 0 aliphatic heterocycles. The lowest BCUT2D eigenvalue weighted by atomic mass is 10.1. The quantitative estimate of drug-likeness (QED) is 0.493. The summed E-state index contributed by atoms with van der Waals surface area (Å²) in [5.74, 6) is -0.115. The number of benzene rings is 1. The molecule has 3 aromatic rings. The van der Waals surface area contributed by atoms with E-state index in [1.54, 1.807) is 12.1 Å². The lowest BCUT2D eigenvalue weighted by Crippen LogP contribution is -2.15. The molecule has 0 saturated carbocycles. The van der Waals surface area contributed by atoms with E-state index in [1.807, 2.05) is 32.0 Å². The average Bonchev–Trinajstić information content (AvgIpc) is 3.28. The predicted molar refractivity (Wildman–Crippen MR) is 102 cm³/mol. The molecule has 0 fully saturated rings. The SMILES string of the molecule is Cc1cccc(C)c1NC(=O)CSc1nnc(NC(=O)c2ccco2)s1. The first-order chi connectivity index (χ1) is 12.5. The van der Waals surface area contributed by atoms with E-state index in [1.165, 1.54) is 29.4 Å². The zero-order valence-corrected chi connectivity index (χ0v) is 15.7. The second-order valence-electron chi connectivity index (χ2n) is 5.41. The standard InChI is InChI=1S/C17H16N4O3S2/c1-10-5-3-6-11(2)14(10)18-13(22)9-25-17-21-20-16(26-17)19-15(23)12-7-4-8-24-12/h3-8H,9H2,1-2H3,(H,18,22)(H,19,20,23). The van der Waals surface area contributed by atoms with Crippen molar-refractivity contribution in [3.63, 3.8) is 0 Å².